The molecule has 0 aromatic carbocycles. The number of methoxy groups -OCH3 is 1. The lowest BCUT2D eigenvalue weighted by molar-refractivity contribution is -0.138. The van der Waals surface area contributed by atoms with Crippen LogP contribution >= 0.6 is 11.8 Å². The molecule has 5 N–H and O–H groups in total. The molecular weight excluding hydrogens is 619 g/mol. The minimum atomic E-state index is -4.94. The first-order valence-electron chi connectivity index (χ1n) is 14.0. The SMILES string of the molecule is CC.CC.COC1=CNC(C(F)F)C=C1c1cc(-n2cccc(C(F)(F)F)c2=O)ncc1C(=O)N=C(N)SC(N)C#CC1CC1.[HH]. The maximum absolute atomic E-state index is 13.6. The fraction of sp³-hybridized carbons (Fsp3) is 0.400. The van der Waals surface area contributed by atoms with Crippen LogP contribution in [-0.2, 0) is 10.9 Å². The number of aliphatic imine (C=N–C) groups is 1. The molecule has 1 amide bonds. The number of rotatable bonds is 6. The van der Waals surface area contributed by atoms with Crippen LogP contribution in [-0.4, -0.2) is 45.6 Å². The van der Waals surface area contributed by atoms with E-state index in [0.717, 1.165) is 61.4 Å². The van der Waals surface area contributed by atoms with Gasteiger partial charge in [-0.15, -0.1) is 0 Å². The number of hydrogen-bond donors (Lipinski definition) is 3. The van der Waals surface area contributed by atoms with Gasteiger partial charge in [0.15, 0.2) is 5.17 Å². The van der Waals surface area contributed by atoms with E-state index in [1.54, 1.807) is 0 Å². The van der Waals surface area contributed by atoms with Gasteiger partial charge in [0.25, 0.3) is 17.9 Å². The zero-order chi connectivity index (χ0) is 33.9. The molecule has 2 unspecified atom stereocenters. The van der Waals surface area contributed by atoms with Crippen LogP contribution in [0.1, 0.15) is 63.4 Å². The van der Waals surface area contributed by atoms with Gasteiger partial charge in [0, 0.05) is 37.1 Å². The molecule has 2 atom stereocenters. The molecule has 2 aromatic rings. The van der Waals surface area contributed by atoms with Crippen LogP contribution in [0.3, 0.4) is 0 Å². The molecule has 1 saturated carbocycles. The number of hydrogen-bond acceptors (Lipinski definition) is 7. The predicted molar refractivity (Wildman–Crippen MR) is 168 cm³/mol. The van der Waals surface area contributed by atoms with Crippen molar-refractivity contribution in [3.8, 4) is 17.7 Å². The van der Waals surface area contributed by atoms with Crippen LogP contribution in [0.5, 0.6) is 0 Å². The number of aromatic nitrogens is 2. The van der Waals surface area contributed by atoms with Gasteiger partial charge in [-0.2, -0.15) is 18.2 Å². The van der Waals surface area contributed by atoms with Gasteiger partial charge in [-0.25, -0.2) is 13.8 Å². The second-order valence-electron chi connectivity index (χ2n) is 8.86. The number of amides is 1. The van der Waals surface area contributed by atoms with E-state index >= 15 is 0 Å². The molecule has 1 aliphatic carbocycles. The highest BCUT2D eigenvalue weighted by atomic mass is 32.2. The molecule has 2 aromatic heterocycles. The highest BCUT2D eigenvalue weighted by molar-refractivity contribution is 8.14. The Balaban J connectivity index is 0.00000203. The van der Waals surface area contributed by atoms with Gasteiger partial charge in [-0.1, -0.05) is 51.3 Å². The molecule has 246 valence electrons. The minimum Gasteiger partial charge on any atom is -0.495 e. The molecule has 0 bridgehead atoms. The minimum absolute atomic E-state index is 0. The van der Waals surface area contributed by atoms with Gasteiger partial charge < -0.3 is 21.5 Å². The number of amidine groups is 1. The van der Waals surface area contributed by atoms with Crippen LogP contribution in [0.25, 0.3) is 11.4 Å². The number of carbonyl (C=O) groups is 1. The lowest BCUT2D eigenvalue weighted by atomic mass is 9.95. The summed E-state index contributed by atoms with van der Waals surface area (Å²) in [6, 6.07) is 1.22. The van der Waals surface area contributed by atoms with E-state index < -0.39 is 41.0 Å². The molecule has 1 fully saturated rings. The number of alkyl halides is 5. The number of halogens is 5. The summed E-state index contributed by atoms with van der Waals surface area (Å²) < 4.78 is 73.2. The first kappa shape index (κ1) is 37.0. The van der Waals surface area contributed by atoms with Crippen LogP contribution in [0.4, 0.5) is 22.0 Å². The summed E-state index contributed by atoms with van der Waals surface area (Å²) in [5.74, 6) is 4.82. The summed E-state index contributed by atoms with van der Waals surface area (Å²) in [4.78, 5) is 33.7. The second kappa shape index (κ2) is 16.8. The molecule has 15 heteroatoms. The molecule has 0 spiro atoms. The molecule has 0 saturated heterocycles. The maximum atomic E-state index is 13.6. The van der Waals surface area contributed by atoms with Gasteiger partial charge in [0.05, 0.1) is 12.7 Å². The van der Waals surface area contributed by atoms with Crippen molar-refractivity contribution in [2.24, 2.45) is 22.4 Å². The molecule has 4 rings (SSSR count). The first-order valence-corrected chi connectivity index (χ1v) is 14.9. The van der Waals surface area contributed by atoms with Crippen molar-refractivity contribution >= 4 is 28.4 Å². The zero-order valence-corrected chi connectivity index (χ0v) is 26.1. The quantitative estimate of drug-likeness (QED) is 0.121. The number of ether oxygens (including phenoxy) is 1. The lowest BCUT2D eigenvalue weighted by Crippen LogP contribution is -2.33. The van der Waals surface area contributed by atoms with Crippen molar-refractivity contribution in [2.75, 3.05) is 7.11 Å². The van der Waals surface area contributed by atoms with Crippen molar-refractivity contribution in [2.45, 2.75) is 64.6 Å². The number of allylic oxidation sites excluding steroid dienone is 1. The molecule has 2 aliphatic rings. The van der Waals surface area contributed by atoms with Gasteiger partial charge in [-0.05, 0) is 37.1 Å². The Morgan fingerprint density at radius 3 is 2.51 bits per heavy atom. The molecular formula is C30H37F5N6O3S. The van der Waals surface area contributed by atoms with Crippen LogP contribution < -0.4 is 22.3 Å². The van der Waals surface area contributed by atoms with Crippen molar-refractivity contribution in [3.63, 3.8) is 0 Å². The highest BCUT2D eigenvalue weighted by Crippen LogP contribution is 2.32. The third-order valence-corrected chi connectivity index (χ3v) is 6.59. The van der Waals surface area contributed by atoms with Crippen molar-refractivity contribution < 1.29 is 32.9 Å². The fourth-order valence-corrected chi connectivity index (χ4v) is 4.25. The largest absolute Gasteiger partial charge is 0.495 e. The Labute approximate surface area is 263 Å². The van der Waals surface area contributed by atoms with Crippen LogP contribution in [0.2, 0.25) is 0 Å². The number of nitrogens with one attached hydrogen (secondary N) is 1. The standard InChI is InChI=1S/C26H23F5N6O3S.2C2H6.H2/c1-40-19-12-34-18(22(27)28)9-15(19)14-10-21(37-8-2-3-17(24(37)39)26(29,30)31)35-11-16(14)23(38)36-25(33)41-20(32)7-6-13-4-5-13;2*1-2;/h2-3,8-13,18,20,22,34H,4-5,32H2,1H3,(H2,33,36,38);2*1-2H3;1H. The number of nitrogens with two attached hydrogens (primary N) is 2. The Kier molecular flexibility index (Phi) is 13.8. The average molecular weight is 657 g/mol. The summed E-state index contributed by atoms with van der Waals surface area (Å²) in [5.41, 5.74) is 8.57. The van der Waals surface area contributed by atoms with Gasteiger partial charge in [0.2, 0.25) is 0 Å². The van der Waals surface area contributed by atoms with Crippen LogP contribution in [0.15, 0.2) is 58.4 Å². The number of dihydropyridines is 1. The molecule has 9 nitrogen and oxygen atoms in total. The lowest BCUT2D eigenvalue weighted by Gasteiger charge is -2.23. The maximum Gasteiger partial charge on any atom is 0.421 e. The molecule has 0 radical (unpaired) electrons. The Morgan fingerprint density at radius 1 is 1.27 bits per heavy atom. The number of pyridine rings is 2. The van der Waals surface area contributed by atoms with E-state index in [4.69, 9.17) is 16.2 Å². The summed E-state index contributed by atoms with van der Waals surface area (Å²) in [6.07, 6.45) is -1.59. The van der Waals surface area contributed by atoms with Crippen molar-refractivity contribution in [3.05, 3.63) is 75.7 Å². The van der Waals surface area contributed by atoms with E-state index in [9.17, 15) is 31.5 Å². The molecule has 1 aliphatic heterocycles. The van der Waals surface area contributed by atoms with Gasteiger partial charge >= 0.3 is 6.18 Å². The molecule has 3 heterocycles. The second-order valence-corrected chi connectivity index (χ2v) is 10.0. The monoisotopic (exact) mass is 656 g/mol. The summed E-state index contributed by atoms with van der Waals surface area (Å²) >= 11 is 0.828. The van der Waals surface area contributed by atoms with Gasteiger partial charge in [-0.3, -0.25) is 14.2 Å². The normalized spacial score (nSPS) is 16.7. The predicted octanol–water partition coefficient (Wildman–Crippen LogP) is 5.54. The first-order chi connectivity index (χ1) is 21.4. The zero-order valence-electron chi connectivity index (χ0n) is 25.3. The Bertz CT molecular complexity index is 1560. The molecule has 45 heavy (non-hydrogen) atoms. The van der Waals surface area contributed by atoms with E-state index in [0.29, 0.717) is 10.6 Å². The Hall–Kier alpha value is -4.16. The summed E-state index contributed by atoms with van der Waals surface area (Å²) in [6.45, 7) is 8.00. The van der Waals surface area contributed by atoms with E-state index in [2.05, 4.69) is 27.1 Å². The Morgan fingerprint density at radius 2 is 1.93 bits per heavy atom. The number of carbonyl (C=O) groups excluding carboxylic acids is 1. The third-order valence-electron chi connectivity index (χ3n) is 5.89. The van der Waals surface area contributed by atoms with Crippen molar-refractivity contribution in [1.82, 2.24) is 14.9 Å². The number of thioether (sulfide) groups is 1. The van der Waals surface area contributed by atoms with E-state index in [1.165, 1.54) is 7.11 Å². The van der Waals surface area contributed by atoms with E-state index in [-0.39, 0.29) is 40.8 Å². The van der Waals surface area contributed by atoms with Crippen LogP contribution in [0, 0.1) is 17.8 Å². The smallest absolute Gasteiger partial charge is 0.421 e. The summed E-state index contributed by atoms with van der Waals surface area (Å²) in [5, 5.41) is 1.46. The topological polar surface area (TPSA) is 138 Å². The number of nitrogens with zero attached hydrogens (tertiary/aromatic N) is 3. The van der Waals surface area contributed by atoms with Crippen molar-refractivity contribution in [1.29, 1.82) is 0 Å². The summed E-state index contributed by atoms with van der Waals surface area (Å²) in [7, 11) is 1.25. The average Bonchev–Trinajstić information content (AvgIpc) is 3.85. The fourth-order valence-electron chi connectivity index (χ4n) is 3.73. The highest BCUT2D eigenvalue weighted by Gasteiger charge is 2.35. The van der Waals surface area contributed by atoms with E-state index in [1.807, 2.05) is 27.7 Å². The third kappa shape index (κ3) is 9.92. The van der Waals surface area contributed by atoms with Gasteiger partial charge in [0.1, 0.15) is 28.6 Å².